The number of nitrogens with two attached hydrogens (primary N) is 2. The summed E-state index contributed by atoms with van der Waals surface area (Å²) in [5, 5.41) is 39.1. The van der Waals surface area contributed by atoms with Crippen molar-refractivity contribution in [2.75, 3.05) is 39.3 Å². The third-order valence-corrected chi connectivity index (χ3v) is 11.3. The number of hydrogen-bond donors (Lipinski definition) is 12. The number of unbranched alkanes of at least 4 members (excludes halogenated alkanes) is 1. The molecule has 0 aromatic heterocycles. The first-order valence-electron chi connectivity index (χ1n) is 22.4. The fraction of sp³-hybridized carbons (Fsp3) is 0.707. The first kappa shape index (κ1) is 55.1. The molecule has 11 amide bonds. The fourth-order valence-corrected chi connectivity index (χ4v) is 7.66. The SMILES string of the molecule is CC(C)C[C@H](NC(=O)CN1C(=O)CC[C@H](NC(=O)C(CCC(N)=O)NC(=O)CNC(=O)[C@@H]2C[C@@H](O)CN2)C1=O)C(=O)NC(C)C(=O)NCC(=O)N1CCC[C@H]1C(=O)N[C@@H](CCCCN)C(=O)O. The summed E-state index contributed by atoms with van der Waals surface area (Å²) in [5.41, 5.74) is 10.7. The molecule has 0 saturated carbocycles. The molecule has 26 nitrogen and oxygen atoms in total. The number of carbonyl (C=O) groups excluding carboxylic acids is 11. The highest BCUT2D eigenvalue weighted by Crippen LogP contribution is 2.19. The summed E-state index contributed by atoms with van der Waals surface area (Å²) in [6, 6.07) is -8.08. The number of primary amides is 1. The highest BCUT2D eigenvalue weighted by atomic mass is 16.4. The number of nitrogens with zero attached hydrogens (tertiary/aromatic N) is 2. The van der Waals surface area contributed by atoms with Crippen molar-refractivity contribution in [3.63, 3.8) is 0 Å². The van der Waals surface area contributed by atoms with Gasteiger partial charge in [0.25, 0.3) is 5.91 Å². The number of imide groups is 1. The zero-order chi connectivity index (χ0) is 50.0. The number of aliphatic carboxylic acids is 1. The van der Waals surface area contributed by atoms with Crippen LogP contribution in [0.3, 0.4) is 0 Å². The van der Waals surface area contributed by atoms with Crippen molar-refractivity contribution in [2.45, 2.75) is 140 Å². The van der Waals surface area contributed by atoms with E-state index in [-0.39, 0.29) is 70.4 Å². The third-order valence-electron chi connectivity index (χ3n) is 11.3. The topological polar surface area (TPSA) is 400 Å². The number of aliphatic hydroxyl groups is 1. The summed E-state index contributed by atoms with van der Waals surface area (Å²) in [6.45, 7) is 3.65. The largest absolute Gasteiger partial charge is 0.480 e. The van der Waals surface area contributed by atoms with Crippen molar-refractivity contribution in [3.8, 4) is 0 Å². The Bertz CT molecular complexity index is 1870. The lowest BCUT2D eigenvalue weighted by atomic mass is 10.0. The zero-order valence-electron chi connectivity index (χ0n) is 38.1. The van der Waals surface area contributed by atoms with Crippen LogP contribution in [0.25, 0.3) is 0 Å². The van der Waals surface area contributed by atoms with Crippen LogP contribution in [0.1, 0.15) is 91.4 Å². The maximum absolute atomic E-state index is 13.5. The molecule has 0 aliphatic carbocycles. The Kier molecular flexibility index (Phi) is 22.0. The molecule has 3 saturated heterocycles. The minimum Gasteiger partial charge on any atom is -0.480 e. The molecule has 0 bridgehead atoms. The summed E-state index contributed by atoms with van der Waals surface area (Å²) >= 11 is 0. The van der Waals surface area contributed by atoms with Gasteiger partial charge in [-0.15, -0.1) is 0 Å². The molecule has 3 rings (SSSR count). The van der Waals surface area contributed by atoms with Gasteiger partial charge in [-0.1, -0.05) is 13.8 Å². The number of carbonyl (C=O) groups is 12. The second-order valence-electron chi connectivity index (χ2n) is 17.2. The van der Waals surface area contributed by atoms with Crippen molar-refractivity contribution >= 4 is 70.9 Å². The fourth-order valence-electron chi connectivity index (χ4n) is 7.66. The molecular weight excluding hydrogens is 885 g/mol. The van der Waals surface area contributed by atoms with E-state index in [0.29, 0.717) is 30.7 Å². The summed E-state index contributed by atoms with van der Waals surface area (Å²) < 4.78 is 0. The molecule has 14 N–H and O–H groups in total. The average molecular weight is 951 g/mol. The lowest BCUT2D eigenvalue weighted by molar-refractivity contribution is -0.153. The van der Waals surface area contributed by atoms with Crippen molar-refractivity contribution < 1.29 is 67.7 Å². The number of aliphatic hydroxyl groups excluding tert-OH is 1. The van der Waals surface area contributed by atoms with Gasteiger partial charge in [-0.3, -0.25) is 57.6 Å². The molecule has 3 aliphatic rings. The number of hydrogen-bond acceptors (Lipinski definition) is 15. The second-order valence-corrected chi connectivity index (χ2v) is 17.2. The summed E-state index contributed by atoms with van der Waals surface area (Å²) in [4.78, 5) is 156. The summed E-state index contributed by atoms with van der Waals surface area (Å²) in [7, 11) is 0. The predicted molar refractivity (Wildman–Crippen MR) is 233 cm³/mol. The number of β-amino-alcohol motifs (C(OH)–C–C–N with tert-alkyl or cyclic N) is 1. The van der Waals surface area contributed by atoms with E-state index in [4.69, 9.17) is 11.5 Å². The first-order chi connectivity index (χ1) is 31.6. The molecule has 0 aromatic rings. The minimum atomic E-state index is -1.40. The first-order valence-corrected chi connectivity index (χ1v) is 22.4. The van der Waals surface area contributed by atoms with Gasteiger partial charge in [0.15, 0.2) is 0 Å². The van der Waals surface area contributed by atoms with Gasteiger partial charge in [0, 0.05) is 25.9 Å². The van der Waals surface area contributed by atoms with Crippen LogP contribution in [-0.2, 0) is 57.5 Å². The standard InChI is InChI=1S/C41H66N12O14/c1-21(2)15-28(38(63)47-22(3)35(60)46-19-34(59)52-14-6-8-29(52)39(64)51-26(41(66)67)7-4-5-13-42)49-32(57)20-53-33(58)12-10-25(40(53)65)50-37(62)24(9-11-30(43)55)48-31(56)18-45-36(61)27-16-23(54)17-44-27/h21-29,44,54H,4-20,42H2,1-3H3,(H2,43,55)(H,45,61)(H,46,60)(H,47,63)(H,48,56)(H,49,57)(H,50,62)(H,51,64)(H,66,67)/t22?,23-,24?,25+,26+,27+,28+,29+/m1/s1. The molecule has 67 heavy (non-hydrogen) atoms. The van der Waals surface area contributed by atoms with Crippen LogP contribution in [-0.4, -0.2) is 179 Å². The number of likely N-dealkylation sites (tertiary alicyclic amines) is 2. The van der Waals surface area contributed by atoms with Crippen LogP contribution in [0, 0.1) is 5.92 Å². The normalized spacial score (nSPS) is 21.0. The average Bonchev–Trinajstić information content (AvgIpc) is 3.94. The zero-order valence-corrected chi connectivity index (χ0v) is 38.1. The Balaban J connectivity index is 1.55. The Morgan fingerprint density at radius 1 is 0.806 bits per heavy atom. The van der Waals surface area contributed by atoms with Gasteiger partial charge < -0.3 is 69.1 Å². The number of rotatable bonds is 26. The Labute approximate surface area is 386 Å². The minimum absolute atomic E-state index is 0.0574. The van der Waals surface area contributed by atoms with Gasteiger partial charge in [0.1, 0.15) is 42.8 Å². The maximum atomic E-state index is 13.5. The van der Waals surface area contributed by atoms with E-state index in [9.17, 15) is 67.7 Å². The van der Waals surface area contributed by atoms with Crippen molar-refractivity contribution in [2.24, 2.45) is 17.4 Å². The molecule has 3 fully saturated rings. The molecule has 374 valence electrons. The van der Waals surface area contributed by atoms with Gasteiger partial charge in [-0.25, -0.2) is 4.79 Å². The summed E-state index contributed by atoms with van der Waals surface area (Å²) in [5.74, 6) is -9.96. The molecule has 0 spiro atoms. The van der Waals surface area contributed by atoms with Crippen LogP contribution in [0.5, 0.6) is 0 Å². The van der Waals surface area contributed by atoms with Crippen LogP contribution >= 0.6 is 0 Å². The monoisotopic (exact) mass is 950 g/mol. The van der Waals surface area contributed by atoms with E-state index < -0.39 is 139 Å². The van der Waals surface area contributed by atoms with E-state index in [1.54, 1.807) is 13.8 Å². The number of nitrogens with one attached hydrogen (secondary N) is 8. The molecular formula is C41H66N12O14. The molecule has 8 atom stereocenters. The van der Waals surface area contributed by atoms with Gasteiger partial charge >= 0.3 is 5.97 Å². The van der Waals surface area contributed by atoms with Gasteiger partial charge in [0.2, 0.25) is 59.1 Å². The Morgan fingerprint density at radius 3 is 2.13 bits per heavy atom. The highest BCUT2D eigenvalue weighted by Gasteiger charge is 2.39. The quantitative estimate of drug-likeness (QED) is 0.0284. The second kappa shape index (κ2) is 26.8. The van der Waals surface area contributed by atoms with Crippen LogP contribution in [0.4, 0.5) is 0 Å². The lowest BCUT2D eigenvalue weighted by Gasteiger charge is -2.32. The third kappa shape index (κ3) is 17.8. The van der Waals surface area contributed by atoms with Crippen LogP contribution in [0.2, 0.25) is 0 Å². The molecule has 3 aliphatic heterocycles. The van der Waals surface area contributed by atoms with Crippen molar-refractivity contribution in [3.05, 3.63) is 0 Å². The van der Waals surface area contributed by atoms with Gasteiger partial charge in [0.05, 0.1) is 25.2 Å². The predicted octanol–water partition coefficient (Wildman–Crippen LogP) is -5.95. The molecule has 0 radical (unpaired) electrons. The number of amides is 11. The Hall–Kier alpha value is -6.28. The molecule has 3 heterocycles. The van der Waals surface area contributed by atoms with E-state index in [2.05, 4.69) is 42.5 Å². The van der Waals surface area contributed by atoms with E-state index >= 15 is 0 Å². The number of piperidine rings is 1. The lowest BCUT2D eigenvalue weighted by Crippen LogP contribution is -2.60. The molecule has 0 aromatic carbocycles. The van der Waals surface area contributed by atoms with Gasteiger partial charge in [-0.05, 0) is 77.2 Å². The highest BCUT2D eigenvalue weighted by molar-refractivity contribution is 6.05. The van der Waals surface area contributed by atoms with E-state index in [1.165, 1.54) is 11.8 Å². The molecule has 26 heteroatoms. The van der Waals surface area contributed by atoms with E-state index in [1.807, 2.05) is 0 Å². The summed E-state index contributed by atoms with van der Waals surface area (Å²) in [6.07, 6.45) is 0.345. The number of carboxylic acid groups (broad SMARTS) is 1. The van der Waals surface area contributed by atoms with Gasteiger partial charge in [-0.2, -0.15) is 0 Å². The van der Waals surface area contributed by atoms with Crippen molar-refractivity contribution in [1.82, 2.24) is 52.3 Å². The smallest absolute Gasteiger partial charge is 0.326 e. The number of carboxylic acids is 1. The van der Waals surface area contributed by atoms with Crippen LogP contribution in [0.15, 0.2) is 0 Å². The van der Waals surface area contributed by atoms with Crippen LogP contribution < -0.4 is 54.0 Å². The molecule has 2 unspecified atom stereocenters. The Morgan fingerprint density at radius 2 is 1.51 bits per heavy atom. The maximum Gasteiger partial charge on any atom is 0.326 e. The van der Waals surface area contributed by atoms with E-state index in [0.717, 1.165) is 0 Å². The van der Waals surface area contributed by atoms with Crippen molar-refractivity contribution in [1.29, 1.82) is 0 Å².